The van der Waals surface area contributed by atoms with Crippen LogP contribution in [-0.4, -0.2) is 10.9 Å². The van der Waals surface area contributed by atoms with E-state index >= 15 is 0 Å². The minimum Gasteiger partial charge on any atom is -0.293 e. The summed E-state index contributed by atoms with van der Waals surface area (Å²) in [5.74, 6) is 0.441. The number of nitrogens with one attached hydrogen (secondary N) is 2. The number of pyridine rings is 1. The van der Waals surface area contributed by atoms with Crippen molar-refractivity contribution in [3.8, 4) is 0 Å². The smallest absolute Gasteiger partial charge is 0.129 e. The summed E-state index contributed by atoms with van der Waals surface area (Å²) in [6.07, 6.45) is 2.97. The van der Waals surface area contributed by atoms with Crippen molar-refractivity contribution in [3.63, 3.8) is 0 Å². The Morgan fingerprint density at radius 3 is 2.58 bits per heavy atom. The molecule has 0 aromatic carbocycles. The molecule has 0 unspecified atom stereocenters. The number of hydrogen-bond acceptors (Lipinski definition) is 2. The van der Waals surface area contributed by atoms with Crippen molar-refractivity contribution in [1.29, 1.82) is 10.8 Å². The lowest BCUT2D eigenvalue weighted by Crippen LogP contribution is -2.18. The van der Waals surface area contributed by atoms with E-state index in [1.54, 1.807) is 6.07 Å². The van der Waals surface area contributed by atoms with E-state index in [0.29, 0.717) is 11.4 Å². The van der Waals surface area contributed by atoms with Crippen LogP contribution in [0.1, 0.15) is 25.3 Å². The number of hydrogen-bond donors (Lipinski definition) is 2. The fourth-order valence-electron chi connectivity index (χ4n) is 0.983. The Bertz CT molecular complexity index is 336. The molecular weight excluding hydrogens is 150 g/mol. The minimum absolute atomic E-state index is 0.342. The van der Waals surface area contributed by atoms with Gasteiger partial charge in [0.2, 0.25) is 0 Å². The molecule has 1 heterocycles. The van der Waals surface area contributed by atoms with Crippen molar-refractivity contribution in [1.82, 2.24) is 4.57 Å². The fraction of sp³-hybridized carbons (Fsp3) is 0.333. The molecule has 0 saturated heterocycles. The van der Waals surface area contributed by atoms with E-state index in [4.69, 9.17) is 10.8 Å². The lowest BCUT2D eigenvalue weighted by atomic mass is 10.1. The maximum Gasteiger partial charge on any atom is 0.129 e. The monoisotopic (exact) mass is 163 g/mol. The van der Waals surface area contributed by atoms with Crippen LogP contribution in [0.4, 0.5) is 0 Å². The average Bonchev–Trinajstić information content (AvgIpc) is 2.05. The Labute approximate surface area is 71.7 Å². The van der Waals surface area contributed by atoms with Gasteiger partial charge in [0.1, 0.15) is 5.49 Å². The Morgan fingerprint density at radius 1 is 1.42 bits per heavy atom. The van der Waals surface area contributed by atoms with E-state index in [0.717, 1.165) is 11.9 Å². The van der Waals surface area contributed by atoms with E-state index < -0.39 is 0 Å². The normalized spacial score (nSPS) is 10.2. The van der Waals surface area contributed by atoms with Gasteiger partial charge in [0.15, 0.2) is 0 Å². The summed E-state index contributed by atoms with van der Waals surface area (Å²) in [5, 5.41) is 14.5. The van der Waals surface area contributed by atoms with E-state index in [9.17, 15) is 0 Å². The van der Waals surface area contributed by atoms with Crippen molar-refractivity contribution in [2.24, 2.45) is 0 Å². The first-order chi connectivity index (χ1) is 5.65. The highest BCUT2D eigenvalue weighted by atomic mass is 15.0. The Kier molecular flexibility index (Phi) is 2.43. The van der Waals surface area contributed by atoms with Crippen molar-refractivity contribution in [2.75, 3.05) is 0 Å². The second-order valence-corrected chi connectivity index (χ2v) is 3.04. The molecule has 64 valence electrons. The molecule has 0 bridgehead atoms. The summed E-state index contributed by atoms with van der Waals surface area (Å²) >= 11 is 0. The van der Waals surface area contributed by atoms with Crippen LogP contribution in [0.25, 0.3) is 0 Å². The van der Waals surface area contributed by atoms with Gasteiger partial charge in [-0.1, -0.05) is 19.9 Å². The molecule has 0 amide bonds. The molecule has 0 atom stereocenters. The van der Waals surface area contributed by atoms with Crippen molar-refractivity contribution in [2.45, 2.75) is 19.8 Å². The highest BCUT2D eigenvalue weighted by molar-refractivity contribution is 5.54. The van der Waals surface area contributed by atoms with Crippen LogP contribution in [0.2, 0.25) is 0 Å². The zero-order valence-electron chi connectivity index (χ0n) is 7.33. The van der Waals surface area contributed by atoms with Crippen LogP contribution < -0.4 is 5.49 Å². The highest BCUT2D eigenvalue weighted by Crippen LogP contribution is 2.10. The predicted molar refractivity (Wildman–Crippen MR) is 48.6 cm³/mol. The van der Waals surface area contributed by atoms with Gasteiger partial charge in [0.05, 0.1) is 6.34 Å². The summed E-state index contributed by atoms with van der Waals surface area (Å²) in [5.41, 5.74) is 1.49. The first-order valence-electron chi connectivity index (χ1n) is 3.92. The lowest BCUT2D eigenvalue weighted by Gasteiger charge is -2.06. The van der Waals surface area contributed by atoms with Crippen LogP contribution in [-0.2, 0) is 0 Å². The molecule has 3 heteroatoms. The lowest BCUT2D eigenvalue weighted by molar-refractivity contribution is 0.837. The van der Waals surface area contributed by atoms with Gasteiger partial charge in [-0.25, -0.2) is 0 Å². The molecule has 0 aliphatic rings. The van der Waals surface area contributed by atoms with Gasteiger partial charge in [-0.05, 0) is 17.5 Å². The van der Waals surface area contributed by atoms with Gasteiger partial charge in [-0.3, -0.25) is 15.4 Å². The third kappa shape index (κ3) is 1.61. The zero-order chi connectivity index (χ0) is 9.14. The predicted octanol–water partition coefficient (Wildman–Crippen LogP) is 1.55. The number of nitrogens with zero attached hydrogens (tertiary/aromatic N) is 1. The van der Waals surface area contributed by atoms with Gasteiger partial charge < -0.3 is 0 Å². The molecule has 3 nitrogen and oxygen atoms in total. The van der Waals surface area contributed by atoms with E-state index in [1.807, 2.05) is 12.3 Å². The van der Waals surface area contributed by atoms with Crippen molar-refractivity contribution < 1.29 is 0 Å². The molecule has 0 spiro atoms. The van der Waals surface area contributed by atoms with Gasteiger partial charge in [-0.2, -0.15) is 0 Å². The minimum atomic E-state index is 0.342. The third-order valence-corrected chi connectivity index (χ3v) is 1.81. The van der Waals surface area contributed by atoms with Gasteiger partial charge in [-0.15, -0.1) is 0 Å². The van der Waals surface area contributed by atoms with E-state index in [2.05, 4.69) is 13.8 Å². The van der Waals surface area contributed by atoms with Gasteiger partial charge in [0.25, 0.3) is 0 Å². The summed E-state index contributed by atoms with van der Waals surface area (Å²) in [4.78, 5) is 0. The largest absolute Gasteiger partial charge is 0.293 e. The summed E-state index contributed by atoms with van der Waals surface area (Å²) in [6, 6.07) is 3.63. The number of aromatic nitrogens is 1. The van der Waals surface area contributed by atoms with Gasteiger partial charge in [0, 0.05) is 6.20 Å². The Balaban J connectivity index is 3.23. The molecule has 0 saturated carbocycles. The maximum atomic E-state index is 7.42. The standard InChI is InChI=1S/C9H13N3/c1-7(2)8-3-4-9(11)12(5-8)6-10/h3-7,10-11H,1-2H3. The second kappa shape index (κ2) is 3.34. The summed E-state index contributed by atoms with van der Waals surface area (Å²) < 4.78 is 1.50. The average molecular weight is 163 g/mol. The molecule has 1 aromatic heterocycles. The van der Waals surface area contributed by atoms with Crippen LogP contribution in [0.15, 0.2) is 18.3 Å². The summed E-state index contributed by atoms with van der Waals surface area (Å²) in [7, 11) is 0. The molecule has 12 heavy (non-hydrogen) atoms. The first kappa shape index (κ1) is 8.71. The molecule has 0 fully saturated rings. The van der Waals surface area contributed by atoms with Crippen LogP contribution in [0.5, 0.6) is 0 Å². The molecule has 2 N–H and O–H groups in total. The van der Waals surface area contributed by atoms with Crippen LogP contribution in [0, 0.1) is 10.8 Å². The first-order valence-corrected chi connectivity index (χ1v) is 3.92. The molecule has 1 aromatic rings. The van der Waals surface area contributed by atoms with E-state index in [-0.39, 0.29) is 0 Å². The SMILES string of the molecule is CC(C)c1ccc(=N)n(C=N)c1. The number of rotatable bonds is 2. The van der Waals surface area contributed by atoms with Crippen molar-refractivity contribution >= 4 is 6.34 Å². The molecule has 0 aliphatic heterocycles. The van der Waals surface area contributed by atoms with E-state index in [1.165, 1.54) is 4.57 Å². The molecular formula is C9H13N3. The van der Waals surface area contributed by atoms with Gasteiger partial charge >= 0.3 is 0 Å². The Morgan fingerprint density at radius 2 is 2.08 bits per heavy atom. The fourth-order valence-corrected chi connectivity index (χ4v) is 0.983. The summed E-state index contributed by atoms with van der Waals surface area (Å²) in [6.45, 7) is 4.18. The zero-order valence-corrected chi connectivity index (χ0v) is 7.33. The Hall–Kier alpha value is -1.38. The second-order valence-electron chi connectivity index (χ2n) is 3.04. The highest BCUT2D eigenvalue weighted by Gasteiger charge is 1.98. The van der Waals surface area contributed by atoms with Crippen molar-refractivity contribution in [3.05, 3.63) is 29.4 Å². The topological polar surface area (TPSA) is 52.6 Å². The van der Waals surface area contributed by atoms with Crippen LogP contribution in [0.3, 0.4) is 0 Å². The maximum absolute atomic E-state index is 7.42. The quantitative estimate of drug-likeness (QED) is 0.491. The molecule has 0 radical (unpaired) electrons. The molecule has 1 rings (SSSR count). The molecule has 0 aliphatic carbocycles. The third-order valence-electron chi connectivity index (χ3n) is 1.81. The van der Waals surface area contributed by atoms with Crippen LogP contribution >= 0.6 is 0 Å².